The van der Waals surface area contributed by atoms with Crippen molar-refractivity contribution < 1.29 is 28.5 Å². The Kier molecular flexibility index (Phi) is 8.42. The van der Waals surface area contributed by atoms with Gasteiger partial charge in [0.25, 0.3) is 5.91 Å². The van der Waals surface area contributed by atoms with Crippen molar-refractivity contribution in [2.45, 2.75) is 40.5 Å². The number of carbonyl (C=O) groups excluding carboxylic acids is 2. The molecule has 1 heterocycles. The van der Waals surface area contributed by atoms with E-state index < -0.39 is 0 Å². The highest BCUT2D eigenvalue weighted by Gasteiger charge is 2.30. The molecule has 7 heteroatoms. The van der Waals surface area contributed by atoms with E-state index in [2.05, 4.69) is 0 Å². The molecule has 1 aromatic rings. The molecule has 0 aliphatic carbocycles. The van der Waals surface area contributed by atoms with Gasteiger partial charge in [-0.25, -0.2) is 0 Å². The Morgan fingerprint density at radius 3 is 2.11 bits per heavy atom. The summed E-state index contributed by atoms with van der Waals surface area (Å²) in [5, 5.41) is 0. The third-order valence-electron chi connectivity index (χ3n) is 4.48. The lowest BCUT2D eigenvalue weighted by atomic mass is 9.97. The Hall–Kier alpha value is -2.44. The summed E-state index contributed by atoms with van der Waals surface area (Å²) in [4.78, 5) is 26.9. The van der Waals surface area contributed by atoms with Crippen molar-refractivity contribution in [2.75, 3.05) is 39.5 Å². The summed E-state index contributed by atoms with van der Waals surface area (Å²) < 4.78 is 22.2. The molecule has 1 aromatic carbocycles. The van der Waals surface area contributed by atoms with Crippen molar-refractivity contribution in [3.8, 4) is 17.2 Å². The lowest BCUT2D eigenvalue weighted by molar-refractivity contribution is -0.149. The van der Waals surface area contributed by atoms with E-state index in [1.54, 1.807) is 24.0 Å². The van der Waals surface area contributed by atoms with Gasteiger partial charge in [0.15, 0.2) is 11.5 Å². The van der Waals surface area contributed by atoms with Crippen LogP contribution in [0.3, 0.4) is 0 Å². The van der Waals surface area contributed by atoms with Gasteiger partial charge in [-0.15, -0.1) is 0 Å². The van der Waals surface area contributed by atoms with E-state index in [1.165, 1.54) is 0 Å². The number of carbonyl (C=O) groups is 2. The summed E-state index contributed by atoms with van der Waals surface area (Å²) in [7, 11) is 0. The van der Waals surface area contributed by atoms with Gasteiger partial charge in [0.2, 0.25) is 5.75 Å². The maximum atomic E-state index is 13.1. The molecule has 0 N–H and O–H groups in total. The van der Waals surface area contributed by atoms with Gasteiger partial charge in [-0.1, -0.05) is 0 Å². The van der Waals surface area contributed by atoms with Crippen molar-refractivity contribution in [1.29, 1.82) is 0 Å². The maximum absolute atomic E-state index is 13.1. The molecule has 1 aliphatic rings. The zero-order valence-electron chi connectivity index (χ0n) is 17.3. The van der Waals surface area contributed by atoms with Gasteiger partial charge in [-0.05, 0) is 52.7 Å². The summed E-state index contributed by atoms with van der Waals surface area (Å²) in [5.41, 5.74) is 0.458. The van der Waals surface area contributed by atoms with E-state index in [0.717, 1.165) is 12.8 Å². The lowest BCUT2D eigenvalue weighted by Crippen LogP contribution is -2.42. The van der Waals surface area contributed by atoms with Crippen LogP contribution in [0.1, 0.15) is 50.9 Å². The van der Waals surface area contributed by atoms with Crippen LogP contribution < -0.4 is 14.2 Å². The van der Waals surface area contributed by atoms with Crippen molar-refractivity contribution in [3.63, 3.8) is 0 Å². The first kappa shape index (κ1) is 21.9. The summed E-state index contributed by atoms with van der Waals surface area (Å²) in [6.07, 6.45) is 1.50. The largest absolute Gasteiger partial charge is 0.490 e. The average Bonchev–Trinajstić information content (AvgIpc) is 2.70. The zero-order valence-corrected chi connectivity index (χ0v) is 17.3. The number of nitrogens with zero attached hydrogens (tertiary/aromatic N) is 1. The average molecular weight is 393 g/mol. The number of ether oxygens (including phenoxy) is 4. The second-order valence-corrected chi connectivity index (χ2v) is 6.44. The van der Waals surface area contributed by atoms with Gasteiger partial charge in [-0.2, -0.15) is 0 Å². The zero-order chi connectivity index (χ0) is 20.5. The number of hydrogen-bond donors (Lipinski definition) is 0. The molecule has 0 aromatic heterocycles. The Morgan fingerprint density at radius 1 is 0.964 bits per heavy atom. The third-order valence-corrected chi connectivity index (χ3v) is 4.48. The fraction of sp³-hybridized carbons (Fsp3) is 0.619. The number of amides is 1. The van der Waals surface area contributed by atoms with Crippen LogP contribution in [0.4, 0.5) is 0 Å². The van der Waals surface area contributed by atoms with E-state index in [9.17, 15) is 9.59 Å². The Bertz CT molecular complexity index is 648. The van der Waals surface area contributed by atoms with E-state index in [4.69, 9.17) is 18.9 Å². The van der Waals surface area contributed by atoms with Crippen molar-refractivity contribution in [3.05, 3.63) is 17.7 Å². The molecule has 1 saturated heterocycles. The smallest absolute Gasteiger partial charge is 0.310 e. The minimum absolute atomic E-state index is 0.154. The van der Waals surface area contributed by atoms with Crippen LogP contribution in [0, 0.1) is 5.92 Å². The van der Waals surface area contributed by atoms with Crippen LogP contribution in [-0.4, -0.2) is 56.3 Å². The second-order valence-electron chi connectivity index (χ2n) is 6.44. The Labute approximate surface area is 166 Å². The molecule has 1 fully saturated rings. The number of esters is 1. The number of hydrogen-bond acceptors (Lipinski definition) is 6. The van der Waals surface area contributed by atoms with E-state index >= 15 is 0 Å². The lowest BCUT2D eigenvalue weighted by Gasteiger charge is -2.31. The van der Waals surface area contributed by atoms with Crippen LogP contribution in [0.15, 0.2) is 12.1 Å². The Morgan fingerprint density at radius 2 is 1.57 bits per heavy atom. The predicted molar refractivity (Wildman–Crippen MR) is 105 cm³/mol. The molecule has 1 atom stereocenters. The minimum atomic E-state index is -0.280. The second kappa shape index (κ2) is 10.8. The number of piperidine rings is 1. The number of rotatable bonds is 9. The van der Waals surface area contributed by atoms with Crippen LogP contribution in [-0.2, 0) is 9.53 Å². The van der Waals surface area contributed by atoms with Crippen LogP contribution in [0.25, 0.3) is 0 Å². The molecule has 0 saturated carbocycles. The molecule has 7 nitrogen and oxygen atoms in total. The molecular formula is C21H31NO6. The van der Waals surface area contributed by atoms with Crippen molar-refractivity contribution in [2.24, 2.45) is 5.92 Å². The highest BCUT2D eigenvalue weighted by molar-refractivity contribution is 5.96. The molecule has 28 heavy (non-hydrogen) atoms. The molecule has 1 amide bonds. The monoisotopic (exact) mass is 393 g/mol. The summed E-state index contributed by atoms with van der Waals surface area (Å²) >= 11 is 0. The normalized spacial score (nSPS) is 16.4. The van der Waals surface area contributed by atoms with E-state index in [1.807, 2.05) is 20.8 Å². The van der Waals surface area contributed by atoms with Crippen LogP contribution >= 0.6 is 0 Å². The summed E-state index contributed by atoms with van der Waals surface area (Å²) in [5.74, 6) is 0.801. The molecule has 2 rings (SSSR count). The SMILES string of the molecule is CCOC(=O)[C@H]1CCCN(C(=O)c2cc(OCC)c(OCC)c(OCC)c2)C1. The van der Waals surface area contributed by atoms with Crippen LogP contribution in [0.2, 0.25) is 0 Å². The summed E-state index contributed by atoms with van der Waals surface area (Å²) in [6, 6.07) is 3.38. The standard InChI is InChI=1S/C21H31NO6/c1-5-25-17-12-16(13-18(26-6-2)19(17)27-7-3)20(23)22-11-9-10-15(14-22)21(24)28-8-4/h12-13,15H,5-11,14H2,1-4H3/t15-/m0/s1. The topological polar surface area (TPSA) is 74.3 Å². The first-order chi connectivity index (χ1) is 13.5. The summed E-state index contributed by atoms with van der Waals surface area (Å²) in [6.45, 7) is 10.1. The quantitative estimate of drug-likeness (QED) is 0.600. The molecule has 0 unspecified atom stereocenters. The molecule has 0 spiro atoms. The van der Waals surface area contributed by atoms with Crippen LogP contribution in [0.5, 0.6) is 17.2 Å². The molecule has 0 bridgehead atoms. The molecular weight excluding hydrogens is 362 g/mol. The van der Waals surface area contributed by atoms with Gasteiger partial charge >= 0.3 is 5.97 Å². The van der Waals surface area contributed by atoms with Gasteiger partial charge in [0.1, 0.15) is 0 Å². The molecule has 1 aliphatic heterocycles. The third kappa shape index (κ3) is 5.30. The molecule has 156 valence electrons. The first-order valence-corrected chi connectivity index (χ1v) is 10.1. The van der Waals surface area contributed by atoms with Crippen molar-refractivity contribution in [1.82, 2.24) is 4.90 Å². The van der Waals surface area contributed by atoms with Crippen molar-refractivity contribution >= 4 is 11.9 Å². The number of likely N-dealkylation sites (tertiary alicyclic amines) is 1. The van der Waals surface area contributed by atoms with Gasteiger partial charge < -0.3 is 23.8 Å². The fourth-order valence-corrected chi connectivity index (χ4v) is 3.31. The first-order valence-electron chi connectivity index (χ1n) is 10.1. The van der Waals surface area contributed by atoms with Gasteiger partial charge in [-0.3, -0.25) is 9.59 Å². The van der Waals surface area contributed by atoms with E-state index in [0.29, 0.717) is 62.3 Å². The Balaban J connectivity index is 2.29. The minimum Gasteiger partial charge on any atom is -0.490 e. The molecule has 0 radical (unpaired) electrons. The van der Waals surface area contributed by atoms with Gasteiger partial charge in [0.05, 0.1) is 32.3 Å². The van der Waals surface area contributed by atoms with E-state index in [-0.39, 0.29) is 17.8 Å². The predicted octanol–water partition coefficient (Wildman–Crippen LogP) is 3.30. The maximum Gasteiger partial charge on any atom is 0.310 e. The highest BCUT2D eigenvalue weighted by Crippen LogP contribution is 2.39. The highest BCUT2D eigenvalue weighted by atomic mass is 16.5. The number of benzene rings is 1. The van der Waals surface area contributed by atoms with Gasteiger partial charge in [0, 0.05) is 18.7 Å². The fourth-order valence-electron chi connectivity index (χ4n) is 3.31.